The number of hydrogen-bond acceptors (Lipinski definition) is 11. The van der Waals surface area contributed by atoms with Gasteiger partial charge in [0.2, 0.25) is 5.78 Å². The maximum atomic E-state index is 14.1. The number of aliphatic hydroxyl groups excluding tert-OH is 2. The molecule has 1 aliphatic heterocycles. The van der Waals surface area contributed by atoms with Crippen molar-refractivity contribution in [1.82, 2.24) is 15.5 Å². The van der Waals surface area contributed by atoms with Gasteiger partial charge in [-0.05, 0) is 82.9 Å². The summed E-state index contributed by atoms with van der Waals surface area (Å²) in [6.45, 7) is 3.06. The van der Waals surface area contributed by atoms with Gasteiger partial charge in [-0.15, -0.1) is 0 Å². The maximum Gasteiger partial charge on any atom is 0.255 e. The topological polar surface area (TPSA) is 189 Å². The summed E-state index contributed by atoms with van der Waals surface area (Å²) in [5.41, 5.74) is 3.84. The average molecular weight is 584 g/mol. The first-order valence-electron chi connectivity index (χ1n) is 14.4. The molecule has 12 nitrogen and oxygen atoms in total. The van der Waals surface area contributed by atoms with Crippen molar-refractivity contribution in [2.75, 3.05) is 52.7 Å². The van der Waals surface area contributed by atoms with Crippen LogP contribution in [-0.4, -0.2) is 102 Å². The van der Waals surface area contributed by atoms with Gasteiger partial charge in [0.15, 0.2) is 11.4 Å². The van der Waals surface area contributed by atoms with Gasteiger partial charge in [-0.2, -0.15) is 0 Å². The van der Waals surface area contributed by atoms with Gasteiger partial charge < -0.3 is 41.7 Å². The molecule has 2 fully saturated rings. The number of aliphatic hydroxyl groups is 3. The van der Waals surface area contributed by atoms with Crippen LogP contribution >= 0.6 is 0 Å². The smallest absolute Gasteiger partial charge is 0.255 e. The fourth-order valence-electron chi connectivity index (χ4n) is 7.38. The molecule has 1 aromatic rings. The summed E-state index contributed by atoms with van der Waals surface area (Å²) in [6.07, 6.45) is 2.42. The van der Waals surface area contributed by atoms with Crippen molar-refractivity contribution in [2.24, 2.45) is 23.5 Å². The van der Waals surface area contributed by atoms with E-state index in [0.29, 0.717) is 23.6 Å². The molecular formula is C30H41N5O7. The van der Waals surface area contributed by atoms with Gasteiger partial charge in [0.25, 0.3) is 5.91 Å². The van der Waals surface area contributed by atoms with E-state index < -0.39 is 58.0 Å². The molecule has 228 valence electrons. The molecule has 1 heterocycles. The third-order valence-electron chi connectivity index (χ3n) is 9.47. The summed E-state index contributed by atoms with van der Waals surface area (Å²) >= 11 is 0. The van der Waals surface area contributed by atoms with E-state index in [4.69, 9.17) is 5.73 Å². The van der Waals surface area contributed by atoms with E-state index in [9.17, 15) is 34.8 Å². The summed E-state index contributed by atoms with van der Waals surface area (Å²) in [5.74, 6) is -5.98. The lowest BCUT2D eigenvalue weighted by Gasteiger charge is -2.50. The van der Waals surface area contributed by atoms with E-state index in [1.165, 1.54) is 4.90 Å². The number of anilines is 1. The third kappa shape index (κ3) is 4.57. The Morgan fingerprint density at radius 2 is 1.81 bits per heavy atom. The molecule has 4 atom stereocenters. The van der Waals surface area contributed by atoms with E-state index in [1.54, 1.807) is 14.1 Å². The lowest BCUT2D eigenvalue weighted by molar-refractivity contribution is -0.153. The lowest BCUT2D eigenvalue weighted by Crippen LogP contribution is -2.65. The van der Waals surface area contributed by atoms with Crippen LogP contribution in [0, 0.1) is 17.8 Å². The van der Waals surface area contributed by atoms with E-state index in [0.717, 1.165) is 38.2 Å². The summed E-state index contributed by atoms with van der Waals surface area (Å²) in [7, 11) is 6.87. The number of Topliss-reactive ketones (excluding diaryl/α,β-unsaturated/α-hetero) is 2. The van der Waals surface area contributed by atoms with Crippen molar-refractivity contribution in [3.05, 3.63) is 39.7 Å². The van der Waals surface area contributed by atoms with Crippen LogP contribution in [0.4, 0.5) is 5.69 Å². The monoisotopic (exact) mass is 583 g/mol. The first-order chi connectivity index (χ1) is 19.8. The summed E-state index contributed by atoms with van der Waals surface area (Å²) in [6, 6.07) is 0.765. The molecule has 1 saturated heterocycles. The number of aromatic hydroxyl groups is 1. The molecule has 0 bridgehead atoms. The number of nitrogens with two attached hydrogens (primary N) is 1. The van der Waals surface area contributed by atoms with Gasteiger partial charge in [-0.25, -0.2) is 0 Å². The standard InChI is InChI=1S/C30H41N5O7/c1-34(2)19-11-16(13-33-12-14-5-7-32-8-6-14)24(36)21-17(19)9-15-10-18-23(35(3)4)26(38)22(29(31)41)28(40)30(18,42)27(39)20(15)25(21)37/h11,14-15,18,23,32-33,36-37,40,42H,5-10,12-13H2,1-4H3,(H2,31,41). The Kier molecular flexibility index (Phi) is 7.86. The van der Waals surface area contributed by atoms with Crippen LogP contribution in [0.5, 0.6) is 5.75 Å². The fraction of sp³-hybridized carbons (Fsp3) is 0.567. The van der Waals surface area contributed by atoms with Crippen molar-refractivity contribution in [3.63, 3.8) is 0 Å². The number of rotatable bonds is 7. The number of piperidine rings is 1. The second-order valence-electron chi connectivity index (χ2n) is 12.4. The molecule has 1 saturated carbocycles. The quantitative estimate of drug-likeness (QED) is 0.216. The van der Waals surface area contributed by atoms with Crippen LogP contribution in [0.25, 0.3) is 5.76 Å². The number of hydrogen-bond donors (Lipinski definition) is 7. The number of likely N-dealkylation sites (N-methyl/N-ethyl adjacent to an activating group) is 1. The number of nitrogens with one attached hydrogen (secondary N) is 2. The Labute approximate surface area is 244 Å². The van der Waals surface area contributed by atoms with Gasteiger partial charge in [0, 0.05) is 43.4 Å². The Morgan fingerprint density at radius 1 is 1.14 bits per heavy atom. The van der Waals surface area contributed by atoms with Crippen molar-refractivity contribution in [3.8, 4) is 5.75 Å². The number of fused-ring (bicyclic) bond motifs is 3. The van der Waals surface area contributed by atoms with Gasteiger partial charge in [0.1, 0.15) is 22.8 Å². The lowest BCUT2D eigenvalue weighted by atomic mass is 9.57. The minimum Gasteiger partial charge on any atom is -0.508 e. The molecule has 3 aliphatic carbocycles. The van der Waals surface area contributed by atoms with Crippen molar-refractivity contribution < 1.29 is 34.8 Å². The SMILES string of the molecule is CN(C)c1cc(CNCC2CCNCC2)c(O)c2c1CC1CC3C(N(C)C)C(=O)C(C(N)=O)=C(O)C3(O)C(=O)C1=C2O. The van der Waals surface area contributed by atoms with Gasteiger partial charge in [-0.3, -0.25) is 19.3 Å². The van der Waals surface area contributed by atoms with E-state index >= 15 is 0 Å². The molecule has 12 heteroatoms. The summed E-state index contributed by atoms with van der Waals surface area (Å²) < 4.78 is 0. The third-order valence-corrected chi connectivity index (χ3v) is 9.47. The first kappa shape index (κ1) is 30.0. The second kappa shape index (κ2) is 11.0. The number of phenolic OH excluding ortho intramolecular Hbond substituents is 1. The van der Waals surface area contributed by atoms with Crippen LogP contribution < -0.4 is 21.3 Å². The van der Waals surface area contributed by atoms with Crippen molar-refractivity contribution >= 4 is 28.9 Å². The van der Waals surface area contributed by atoms with Crippen molar-refractivity contribution in [2.45, 2.75) is 43.9 Å². The van der Waals surface area contributed by atoms with Crippen LogP contribution in [-0.2, 0) is 27.3 Å². The number of carbonyl (C=O) groups excluding carboxylic acids is 3. The second-order valence-corrected chi connectivity index (χ2v) is 12.4. The number of benzene rings is 1. The minimum absolute atomic E-state index is 0.0545. The van der Waals surface area contributed by atoms with Gasteiger partial charge >= 0.3 is 0 Å². The van der Waals surface area contributed by atoms with Crippen molar-refractivity contribution in [1.29, 1.82) is 0 Å². The molecule has 8 N–H and O–H groups in total. The highest BCUT2D eigenvalue weighted by atomic mass is 16.3. The Hall–Kier alpha value is -3.45. The summed E-state index contributed by atoms with van der Waals surface area (Å²) in [4.78, 5) is 42.9. The van der Waals surface area contributed by atoms with Crippen LogP contribution in [0.15, 0.2) is 23.0 Å². The number of nitrogens with zero attached hydrogens (tertiary/aromatic N) is 2. The molecular weight excluding hydrogens is 542 g/mol. The molecule has 5 rings (SSSR count). The zero-order valence-corrected chi connectivity index (χ0v) is 24.5. The molecule has 0 aromatic heterocycles. The number of primary amides is 1. The highest BCUT2D eigenvalue weighted by molar-refractivity contribution is 6.24. The molecule has 4 aliphatic rings. The molecule has 42 heavy (non-hydrogen) atoms. The van der Waals surface area contributed by atoms with Crippen LogP contribution in [0.1, 0.15) is 36.0 Å². The number of ketones is 2. The maximum absolute atomic E-state index is 14.1. The first-order valence-corrected chi connectivity index (χ1v) is 14.4. The normalized spacial score (nSPS) is 28.1. The number of carbonyl (C=O) groups is 3. The fourth-order valence-corrected chi connectivity index (χ4v) is 7.38. The Bertz CT molecular complexity index is 1390. The predicted octanol–water partition coefficient (Wildman–Crippen LogP) is 0.119. The van der Waals surface area contributed by atoms with Crippen LogP contribution in [0.3, 0.4) is 0 Å². The summed E-state index contributed by atoms with van der Waals surface area (Å²) in [5, 5.41) is 52.7. The molecule has 4 unspecified atom stereocenters. The predicted molar refractivity (Wildman–Crippen MR) is 156 cm³/mol. The number of amides is 1. The molecule has 1 aromatic carbocycles. The Morgan fingerprint density at radius 3 is 2.40 bits per heavy atom. The molecule has 0 spiro atoms. The highest BCUT2D eigenvalue weighted by Gasteiger charge is 2.64. The number of phenols is 1. The van der Waals surface area contributed by atoms with E-state index in [2.05, 4.69) is 10.6 Å². The molecule has 0 radical (unpaired) electrons. The zero-order chi connectivity index (χ0) is 30.7. The Balaban J connectivity index is 1.60. The van der Waals surface area contributed by atoms with Gasteiger partial charge in [-0.1, -0.05) is 0 Å². The van der Waals surface area contributed by atoms with Gasteiger partial charge in [0.05, 0.1) is 11.6 Å². The van der Waals surface area contributed by atoms with Crippen LogP contribution in [0.2, 0.25) is 0 Å². The molecule has 1 amide bonds. The highest BCUT2D eigenvalue weighted by Crippen LogP contribution is 2.54. The largest absolute Gasteiger partial charge is 0.508 e. The van der Waals surface area contributed by atoms with E-state index in [-0.39, 0.29) is 29.7 Å². The zero-order valence-electron chi connectivity index (χ0n) is 24.5. The minimum atomic E-state index is -2.65. The van der Waals surface area contributed by atoms with E-state index in [1.807, 2.05) is 25.1 Å². The average Bonchev–Trinajstić information content (AvgIpc) is 2.92.